The molecule has 0 amide bonds. The second kappa shape index (κ2) is 8.29. The number of hydrogen-bond acceptors (Lipinski definition) is 0. The van der Waals surface area contributed by atoms with Crippen molar-refractivity contribution >= 4 is 23.8 Å². The van der Waals surface area contributed by atoms with Gasteiger partial charge in [0, 0.05) is 5.56 Å². The molecular weight excluding hydrogens is 350 g/mol. The van der Waals surface area contributed by atoms with E-state index in [0.29, 0.717) is 17.0 Å². The molecule has 3 heteroatoms. The molecule has 0 nitrogen and oxygen atoms in total. The molecule has 0 fully saturated rings. The van der Waals surface area contributed by atoms with Gasteiger partial charge in [0.2, 0.25) is 0 Å². The molecule has 1 atom stereocenters. The van der Waals surface area contributed by atoms with Gasteiger partial charge in [0.25, 0.3) is 0 Å². The molecule has 0 heterocycles. The molecule has 0 aliphatic rings. The Kier molecular flexibility index (Phi) is 5.85. The summed E-state index contributed by atoms with van der Waals surface area (Å²) in [5.74, 6) is -0.456. The first kappa shape index (κ1) is 18.3. The molecule has 0 radical (unpaired) electrons. The number of rotatable bonds is 5. The third kappa shape index (κ3) is 4.59. The predicted octanol–water partition coefficient (Wildman–Crippen LogP) is 7.13. The molecule has 0 aliphatic heterocycles. The van der Waals surface area contributed by atoms with Crippen LogP contribution >= 0.6 is 11.6 Å². The number of hydrogen-bond donors (Lipinski definition) is 0. The van der Waals surface area contributed by atoms with Crippen LogP contribution in [0.2, 0.25) is 5.02 Å². The number of benzene rings is 3. The van der Waals surface area contributed by atoms with Crippen LogP contribution in [0.5, 0.6) is 0 Å². The lowest BCUT2D eigenvalue weighted by Crippen LogP contribution is -1.99. The maximum Gasteiger partial charge on any atom is 0.142 e. The van der Waals surface area contributed by atoms with Gasteiger partial charge in [0.05, 0.1) is 5.02 Å². The lowest BCUT2D eigenvalue weighted by molar-refractivity contribution is 0.620. The summed E-state index contributed by atoms with van der Waals surface area (Å²) in [7, 11) is 0. The topological polar surface area (TPSA) is 0 Å². The summed E-state index contributed by atoms with van der Waals surface area (Å²) in [5.41, 5.74) is 3.29. The second-order valence-electron chi connectivity index (χ2n) is 6.38. The van der Waals surface area contributed by atoms with Crippen LogP contribution in [0.4, 0.5) is 8.78 Å². The first-order valence-corrected chi connectivity index (χ1v) is 8.87. The van der Waals surface area contributed by atoms with Gasteiger partial charge >= 0.3 is 0 Å². The Morgan fingerprint density at radius 3 is 2.35 bits per heavy atom. The van der Waals surface area contributed by atoms with E-state index in [1.165, 1.54) is 17.7 Å². The molecule has 3 aromatic carbocycles. The maximum atomic E-state index is 14.4. The molecule has 3 rings (SSSR count). The van der Waals surface area contributed by atoms with E-state index in [0.717, 1.165) is 12.0 Å². The summed E-state index contributed by atoms with van der Waals surface area (Å²) in [5, 5.41) is 0.0743. The molecule has 0 saturated carbocycles. The Hall–Kier alpha value is -2.45. The van der Waals surface area contributed by atoms with Crippen LogP contribution < -0.4 is 0 Å². The van der Waals surface area contributed by atoms with Crippen molar-refractivity contribution in [3.8, 4) is 0 Å². The molecule has 0 aliphatic carbocycles. The minimum Gasteiger partial charge on any atom is -0.206 e. The normalized spacial score (nSPS) is 12.5. The highest BCUT2D eigenvalue weighted by atomic mass is 35.5. The predicted molar refractivity (Wildman–Crippen MR) is 105 cm³/mol. The van der Waals surface area contributed by atoms with E-state index in [1.54, 1.807) is 30.4 Å². The fourth-order valence-electron chi connectivity index (χ4n) is 2.89. The zero-order valence-electron chi connectivity index (χ0n) is 14.4. The monoisotopic (exact) mass is 368 g/mol. The lowest BCUT2D eigenvalue weighted by atomic mass is 9.93. The summed E-state index contributed by atoms with van der Waals surface area (Å²) in [6.07, 6.45) is 4.08. The summed E-state index contributed by atoms with van der Waals surface area (Å²) in [6, 6.07) is 20.0. The van der Waals surface area contributed by atoms with Gasteiger partial charge in [-0.2, -0.15) is 0 Å². The van der Waals surface area contributed by atoms with Crippen molar-refractivity contribution in [1.82, 2.24) is 0 Å². The lowest BCUT2D eigenvalue weighted by Gasteiger charge is -2.12. The molecule has 0 saturated heterocycles. The average molecular weight is 369 g/mol. The van der Waals surface area contributed by atoms with Crippen molar-refractivity contribution in [2.75, 3.05) is 0 Å². The van der Waals surface area contributed by atoms with E-state index < -0.39 is 5.82 Å². The van der Waals surface area contributed by atoms with Crippen LogP contribution in [0.3, 0.4) is 0 Å². The van der Waals surface area contributed by atoms with Gasteiger partial charge in [-0.15, -0.1) is 0 Å². The van der Waals surface area contributed by atoms with Gasteiger partial charge in [0.1, 0.15) is 11.6 Å². The first-order chi connectivity index (χ1) is 12.5. The van der Waals surface area contributed by atoms with E-state index in [2.05, 4.69) is 19.1 Å². The summed E-state index contributed by atoms with van der Waals surface area (Å²) in [6.45, 7) is 2.14. The Labute approximate surface area is 157 Å². The molecule has 0 N–H and O–H groups in total. The molecule has 3 aromatic rings. The van der Waals surface area contributed by atoms with Crippen LogP contribution in [0.15, 0.2) is 66.7 Å². The summed E-state index contributed by atoms with van der Waals surface area (Å²) >= 11 is 5.67. The zero-order valence-corrected chi connectivity index (χ0v) is 15.2. The van der Waals surface area contributed by atoms with Crippen LogP contribution in [-0.2, 0) is 6.42 Å². The van der Waals surface area contributed by atoms with Gasteiger partial charge in [-0.1, -0.05) is 79.2 Å². The third-order valence-corrected chi connectivity index (χ3v) is 4.68. The molecule has 132 valence electrons. The van der Waals surface area contributed by atoms with Crippen molar-refractivity contribution in [3.63, 3.8) is 0 Å². The SMILES string of the molecule is C[C@H](Cc1ccc(C=Cc2ccc(Cl)c(F)c2)c(F)c1)c1ccccc1. The van der Waals surface area contributed by atoms with Crippen molar-refractivity contribution < 1.29 is 8.78 Å². The van der Waals surface area contributed by atoms with Crippen molar-refractivity contribution in [3.05, 3.63) is 106 Å². The quantitative estimate of drug-likeness (QED) is 0.420. The average Bonchev–Trinajstić information content (AvgIpc) is 2.64. The summed E-state index contributed by atoms with van der Waals surface area (Å²) < 4.78 is 27.9. The highest BCUT2D eigenvalue weighted by Crippen LogP contribution is 2.23. The maximum absolute atomic E-state index is 14.4. The van der Waals surface area contributed by atoms with Crippen molar-refractivity contribution in [2.45, 2.75) is 19.3 Å². The van der Waals surface area contributed by atoms with Gasteiger partial charge < -0.3 is 0 Å². The Morgan fingerprint density at radius 2 is 1.65 bits per heavy atom. The van der Waals surface area contributed by atoms with Crippen LogP contribution in [0.1, 0.15) is 35.1 Å². The third-order valence-electron chi connectivity index (χ3n) is 4.37. The highest BCUT2D eigenvalue weighted by molar-refractivity contribution is 6.30. The van der Waals surface area contributed by atoms with E-state index in [9.17, 15) is 8.78 Å². The minimum absolute atomic E-state index is 0.0743. The Balaban J connectivity index is 1.73. The molecule has 0 spiro atoms. The largest absolute Gasteiger partial charge is 0.206 e. The molecule has 0 bridgehead atoms. The smallest absolute Gasteiger partial charge is 0.142 e. The van der Waals surface area contributed by atoms with Gasteiger partial charge in [-0.25, -0.2) is 8.78 Å². The fraction of sp³-hybridized carbons (Fsp3) is 0.130. The first-order valence-electron chi connectivity index (χ1n) is 8.49. The van der Waals surface area contributed by atoms with Crippen LogP contribution in [0, 0.1) is 11.6 Å². The van der Waals surface area contributed by atoms with Gasteiger partial charge in [-0.3, -0.25) is 0 Å². The summed E-state index contributed by atoms with van der Waals surface area (Å²) in [4.78, 5) is 0. The van der Waals surface area contributed by atoms with E-state index in [1.807, 2.05) is 24.3 Å². The minimum atomic E-state index is -0.487. The highest BCUT2D eigenvalue weighted by Gasteiger charge is 2.08. The van der Waals surface area contributed by atoms with Crippen LogP contribution in [-0.4, -0.2) is 0 Å². The van der Waals surface area contributed by atoms with Gasteiger partial charge in [0.15, 0.2) is 0 Å². The standard InChI is InChI=1S/C23H19ClF2/c1-16(19-5-3-2-4-6-19)13-18-8-11-20(22(25)15-18)10-7-17-9-12-21(24)23(26)14-17/h2-12,14-16H,13H2,1H3/t16-/m1/s1. The zero-order chi connectivity index (χ0) is 18.5. The van der Waals surface area contributed by atoms with E-state index >= 15 is 0 Å². The fourth-order valence-corrected chi connectivity index (χ4v) is 3.01. The number of halogens is 3. The second-order valence-corrected chi connectivity index (χ2v) is 6.79. The molecular formula is C23H19ClF2. The molecule has 26 heavy (non-hydrogen) atoms. The molecule has 0 aromatic heterocycles. The van der Waals surface area contributed by atoms with Crippen molar-refractivity contribution in [2.24, 2.45) is 0 Å². The van der Waals surface area contributed by atoms with E-state index in [-0.39, 0.29) is 10.8 Å². The Morgan fingerprint density at radius 1 is 0.885 bits per heavy atom. The van der Waals surface area contributed by atoms with E-state index in [4.69, 9.17) is 11.6 Å². The Bertz CT molecular complexity index is 917. The molecule has 0 unspecified atom stereocenters. The van der Waals surface area contributed by atoms with Gasteiger partial charge in [-0.05, 0) is 47.2 Å². The van der Waals surface area contributed by atoms with Crippen LogP contribution in [0.25, 0.3) is 12.2 Å². The van der Waals surface area contributed by atoms with Crippen molar-refractivity contribution in [1.29, 1.82) is 0 Å².